The van der Waals surface area contributed by atoms with Crippen LogP contribution in [0.2, 0.25) is 0 Å². The Hall–Kier alpha value is -0.160. The van der Waals surface area contributed by atoms with Gasteiger partial charge in [0.15, 0.2) is 0 Å². The van der Waals surface area contributed by atoms with Crippen LogP contribution in [0.15, 0.2) is 0 Å². The van der Waals surface area contributed by atoms with Gasteiger partial charge in [-0.2, -0.15) is 0 Å². The van der Waals surface area contributed by atoms with Crippen LogP contribution in [0.3, 0.4) is 0 Å². The fraction of sp³-hybridized carbons (Fsp3) is 1.00. The number of ether oxygens (including phenoxy) is 1. The maximum Gasteiger partial charge on any atom is 0.0622 e. The van der Waals surface area contributed by atoms with Crippen molar-refractivity contribution >= 4 is 0 Å². The normalized spacial score (nSPS) is 27.5. The Balaban J connectivity index is 2.32. The van der Waals surface area contributed by atoms with Gasteiger partial charge in [0.2, 0.25) is 0 Å². The van der Waals surface area contributed by atoms with E-state index in [0.29, 0.717) is 12.6 Å². The number of likely N-dealkylation sites (N-methyl/N-ethyl adjacent to an activating group) is 1. The Kier molecular flexibility index (Phi) is 4.66. The molecule has 0 radical (unpaired) electrons. The van der Waals surface area contributed by atoms with Crippen LogP contribution in [0.4, 0.5) is 0 Å². The largest absolute Gasteiger partial charge is 0.396 e. The molecule has 0 amide bonds. The molecule has 1 rings (SSSR count). The third-order valence-corrected chi connectivity index (χ3v) is 2.72. The number of hydrogen-bond acceptors (Lipinski definition) is 4. The summed E-state index contributed by atoms with van der Waals surface area (Å²) in [5, 5.41) is 9.00. The summed E-state index contributed by atoms with van der Waals surface area (Å²) in [5.41, 5.74) is 5.53. The summed E-state index contributed by atoms with van der Waals surface area (Å²) in [7, 11) is 2.10. The summed E-state index contributed by atoms with van der Waals surface area (Å²) < 4.78 is 5.38. The number of morpholine rings is 1. The molecule has 4 nitrogen and oxygen atoms in total. The Morgan fingerprint density at radius 2 is 2.46 bits per heavy atom. The first-order chi connectivity index (χ1) is 6.27. The zero-order chi connectivity index (χ0) is 9.68. The molecule has 1 fully saturated rings. The Morgan fingerprint density at radius 3 is 3.00 bits per heavy atom. The Bertz CT molecular complexity index is 140. The lowest BCUT2D eigenvalue weighted by Crippen LogP contribution is -2.44. The van der Waals surface area contributed by atoms with E-state index in [0.717, 1.165) is 26.2 Å². The first-order valence-electron chi connectivity index (χ1n) is 4.86. The van der Waals surface area contributed by atoms with E-state index in [1.165, 1.54) is 0 Å². The third kappa shape index (κ3) is 3.23. The molecular weight excluding hydrogens is 168 g/mol. The highest BCUT2D eigenvalue weighted by Gasteiger charge is 2.22. The van der Waals surface area contributed by atoms with Crippen molar-refractivity contribution < 1.29 is 9.84 Å². The van der Waals surface area contributed by atoms with E-state index in [9.17, 15) is 0 Å². The first-order valence-corrected chi connectivity index (χ1v) is 4.86. The second-order valence-electron chi connectivity index (χ2n) is 3.73. The minimum absolute atomic E-state index is 0.181. The maximum absolute atomic E-state index is 9.00. The predicted molar refractivity (Wildman–Crippen MR) is 51.5 cm³/mol. The molecule has 0 aromatic carbocycles. The van der Waals surface area contributed by atoms with E-state index in [4.69, 9.17) is 15.6 Å². The van der Waals surface area contributed by atoms with Gasteiger partial charge in [0.1, 0.15) is 0 Å². The summed E-state index contributed by atoms with van der Waals surface area (Å²) >= 11 is 0. The lowest BCUT2D eigenvalue weighted by atomic mass is 10.00. The number of nitrogens with two attached hydrogens (primary N) is 1. The lowest BCUT2D eigenvalue weighted by molar-refractivity contribution is -0.00556. The van der Waals surface area contributed by atoms with Gasteiger partial charge in [0, 0.05) is 19.2 Å². The van der Waals surface area contributed by atoms with Gasteiger partial charge in [-0.05, 0) is 25.9 Å². The first kappa shape index (κ1) is 10.9. The van der Waals surface area contributed by atoms with Gasteiger partial charge in [-0.15, -0.1) is 0 Å². The molecule has 2 unspecified atom stereocenters. The van der Waals surface area contributed by atoms with Crippen LogP contribution >= 0.6 is 0 Å². The minimum atomic E-state index is 0.181. The van der Waals surface area contributed by atoms with E-state index in [2.05, 4.69) is 11.9 Å². The molecule has 0 aromatic rings. The van der Waals surface area contributed by atoms with Crippen molar-refractivity contribution in [3.8, 4) is 0 Å². The fourth-order valence-electron chi connectivity index (χ4n) is 1.62. The van der Waals surface area contributed by atoms with E-state index in [1.807, 2.05) is 0 Å². The van der Waals surface area contributed by atoms with Crippen molar-refractivity contribution in [1.82, 2.24) is 4.90 Å². The van der Waals surface area contributed by atoms with Gasteiger partial charge in [0.05, 0.1) is 13.2 Å². The molecular formula is C9H20N2O2. The average Bonchev–Trinajstić information content (AvgIpc) is 2.17. The number of aliphatic hydroxyl groups is 1. The average molecular weight is 188 g/mol. The van der Waals surface area contributed by atoms with Gasteiger partial charge in [0.25, 0.3) is 0 Å². The summed E-state index contributed by atoms with van der Waals surface area (Å²) in [6.07, 6.45) is 0.934. The van der Waals surface area contributed by atoms with Gasteiger partial charge in [-0.25, -0.2) is 0 Å². The van der Waals surface area contributed by atoms with E-state index >= 15 is 0 Å². The molecule has 2 atom stereocenters. The van der Waals surface area contributed by atoms with Crippen molar-refractivity contribution in [1.29, 1.82) is 0 Å². The molecule has 4 heteroatoms. The number of hydrogen-bond donors (Lipinski definition) is 2. The fourth-order valence-corrected chi connectivity index (χ4v) is 1.62. The Labute approximate surface area is 79.7 Å². The molecule has 3 N–H and O–H groups in total. The van der Waals surface area contributed by atoms with Gasteiger partial charge >= 0.3 is 0 Å². The third-order valence-electron chi connectivity index (χ3n) is 2.72. The Morgan fingerprint density at radius 1 is 1.69 bits per heavy atom. The lowest BCUT2D eigenvalue weighted by Gasteiger charge is -2.34. The smallest absolute Gasteiger partial charge is 0.0622 e. The number of nitrogens with zero attached hydrogens (tertiary/aromatic N) is 1. The topological polar surface area (TPSA) is 58.7 Å². The molecule has 0 aliphatic carbocycles. The van der Waals surface area contributed by atoms with Crippen LogP contribution in [0.25, 0.3) is 0 Å². The minimum Gasteiger partial charge on any atom is -0.396 e. The number of rotatable bonds is 4. The van der Waals surface area contributed by atoms with Crippen LogP contribution in [-0.2, 0) is 4.74 Å². The van der Waals surface area contributed by atoms with Crippen molar-refractivity contribution in [3.05, 3.63) is 0 Å². The standard InChI is InChI=1S/C9H20N2O2/c1-11-2-3-13-7-9(11)4-8(5-10)6-12/h8-9,12H,2-7,10H2,1H3. The van der Waals surface area contributed by atoms with Gasteiger partial charge < -0.3 is 15.6 Å². The van der Waals surface area contributed by atoms with Crippen molar-refractivity contribution in [2.45, 2.75) is 12.5 Å². The van der Waals surface area contributed by atoms with Crippen LogP contribution in [-0.4, -0.2) is 56.0 Å². The molecule has 0 aromatic heterocycles. The molecule has 0 saturated carbocycles. The molecule has 1 aliphatic heterocycles. The van der Waals surface area contributed by atoms with E-state index in [1.54, 1.807) is 0 Å². The molecule has 1 saturated heterocycles. The summed E-state index contributed by atoms with van der Waals surface area (Å²) in [4.78, 5) is 2.28. The maximum atomic E-state index is 9.00. The van der Waals surface area contributed by atoms with Crippen LogP contribution in [0, 0.1) is 5.92 Å². The van der Waals surface area contributed by atoms with Crippen LogP contribution < -0.4 is 5.73 Å². The van der Waals surface area contributed by atoms with E-state index < -0.39 is 0 Å². The predicted octanol–water partition coefficient (Wildman–Crippen LogP) is -0.726. The van der Waals surface area contributed by atoms with Crippen LogP contribution in [0.5, 0.6) is 0 Å². The van der Waals surface area contributed by atoms with Crippen molar-refractivity contribution in [2.75, 3.05) is 40.0 Å². The molecule has 0 spiro atoms. The summed E-state index contributed by atoms with van der Waals surface area (Å²) in [5.74, 6) is 0.217. The van der Waals surface area contributed by atoms with E-state index in [-0.39, 0.29) is 12.5 Å². The molecule has 13 heavy (non-hydrogen) atoms. The van der Waals surface area contributed by atoms with Crippen molar-refractivity contribution in [2.24, 2.45) is 11.7 Å². The highest BCUT2D eigenvalue weighted by molar-refractivity contribution is 4.76. The summed E-state index contributed by atoms with van der Waals surface area (Å²) in [6.45, 7) is 3.31. The van der Waals surface area contributed by atoms with Gasteiger partial charge in [-0.1, -0.05) is 0 Å². The number of aliphatic hydroxyl groups excluding tert-OH is 1. The molecule has 1 heterocycles. The molecule has 1 aliphatic rings. The highest BCUT2D eigenvalue weighted by atomic mass is 16.5. The molecule has 0 bridgehead atoms. The highest BCUT2D eigenvalue weighted by Crippen LogP contribution is 2.13. The molecule has 78 valence electrons. The van der Waals surface area contributed by atoms with Crippen LogP contribution in [0.1, 0.15) is 6.42 Å². The quantitative estimate of drug-likeness (QED) is 0.611. The summed E-state index contributed by atoms with van der Waals surface area (Å²) in [6, 6.07) is 0.425. The van der Waals surface area contributed by atoms with Gasteiger partial charge in [-0.3, -0.25) is 4.90 Å². The second kappa shape index (κ2) is 5.54. The monoisotopic (exact) mass is 188 g/mol. The zero-order valence-corrected chi connectivity index (χ0v) is 8.28. The second-order valence-corrected chi connectivity index (χ2v) is 3.73. The van der Waals surface area contributed by atoms with Crippen molar-refractivity contribution in [3.63, 3.8) is 0 Å². The SMILES string of the molecule is CN1CCOCC1CC(CN)CO. The zero-order valence-electron chi connectivity index (χ0n) is 8.28.